The SMILES string of the molecule is Fc1ccc(N2CC=CC2)c(F)c1F. The van der Waals surface area contributed by atoms with Crippen molar-refractivity contribution in [1.29, 1.82) is 0 Å². The van der Waals surface area contributed by atoms with Gasteiger partial charge in [-0.3, -0.25) is 0 Å². The van der Waals surface area contributed by atoms with E-state index in [2.05, 4.69) is 0 Å². The molecule has 0 saturated carbocycles. The molecular formula is C10H8F3N. The molecule has 0 aromatic heterocycles. The molecule has 0 fully saturated rings. The Kier molecular flexibility index (Phi) is 2.19. The van der Waals surface area contributed by atoms with Crippen molar-refractivity contribution in [1.82, 2.24) is 0 Å². The Bertz CT molecular complexity index is 379. The predicted molar refractivity (Wildman–Crippen MR) is 47.7 cm³/mol. The topological polar surface area (TPSA) is 3.24 Å². The summed E-state index contributed by atoms with van der Waals surface area (Å²) in [6.07, 6.45) is 3.70. The van der Waals surface area contributed by atoms with E-state index in [9.17, 15) is 13.2 Å². The van der Waals surface area contributed by atoms with E-state index in [4.69, 9.17) is 0 Å². The first-order valence-corrected chi connectivity index (χ1v) is 4.23. The second kappa shape index (κ2) is 3.36. The molecule has 0 amide bonds. The van der Waals surface area contributed by atoms with Gasteiger partial charge in [-0.25, -0.2) is 13.2 Å². The van der Waals surface area contributed by atoms with E-state index in [1.165, 1.54) is 6.07 Å². The fraction of sp³-hybridized carbons (Fsp3) is 0.200. The van der Waals surface area contributed by atoms with Crippen molar-refractivity contribution in [3.63, 3.8) is 0 Å². The molecule has 1 aromatic rings. The first-order chi connectivity index (χ1) is 6.70. The molecule has 0 unspecified atom stereocenters. The van der Waals surface area contributed by atoms with E-state index in [-0.39, 0.29) is 5.69 Å². The van der Waals surface area contributed by atoms with Crippen LogP contribution in [0.1, 0.15) is 0 Å². The summed E-state index contributed by atoms with van der Waals surface area (Å²) in [6.45, 7) is 1.06. The molecule has 1 aliphatic rings. The van der Waals surface area contributed by atoms with Crippen LogP contribution in [0.5, 0.6) is 0 Å². The van der Waals surface area contributed by atoms with Gasteiger partial charge in [-0.2, -0.15) is 0 Å². The van der Waals surface area contributed by atoms with Crippen LogP contribution in [0.25, 0.3) is 0 Å². The summed E-state index contributed by atoms with van der Waals surface area (Å²) in [5.74, 6) is -3.68. The molecule has 4 heteroatoms. The summed E-state index contributed by atoms with van der Waals surface area (Å²) in [5.41, 5.74) is 0.105. The highest BCUT2D eigenvalue weighted by atomic mass is 19.2. The number of rotatable bonds is 1. The summed E-state index contributed by atoms with van der Waals surface area (Å²) in [5, 5.41) is 0. The number of anilines is 1. The molecule has 74 valence electrons. The number of nitrogens with zero attached hydrogens (tertiary/aromatic N) is 1. The number of halogens is 3. The van der Waals surface area contributed by atoms with Crippen molar-refractivity contribution in [2.75, 3.05) is 18.0 Å². The van der Waals surface area contributed by atoms with Gasteiger partial charge in [0.05, 0.1) is 5.69 Å². The van der Waals surface area contributed by atoms with Gasteiger partial charge in [0.2, 0.25) is 0 Å². The first-order valence-electron chi connectivity index (χ1n) is 4.23. The molecule has 0 saturated heterocycles. The highest BCUT2D eigenvalue weighted by Gasteiger charge is 2.18. The summed E-state index contributed by atoms with van der Waals surface area (Å²) in [6, 6.07) is 2.19. The van der Waals surface area contributed by atoms with Crippen molar-refractivity contribution >= 4 is 5.69 Å². The molecule has 0 radical (unpaired) electrons. The summed E-state index contributed by atoms with van der Waals surface area (Å²) >= 11 is 0. The van der Waals surface area contributed by atoms with Crippen LogP contribution in [-0.4, -0.2) is 13.1 Å². The van der Waals surface area contributed by atoms with E-state index >= 15 is 0 Å². The second-order valence-corrected chi connectivity index (χ2v) is 3.07. The lowest BCUT2D eigenvalue weighted by Crippen LogP contribution is -2.20. The van der Waals surface area contributed by atoms with Crippen LogP contribution in [0.2, 0.25) is 0 Å². The lowest BCUT2D eigenvalue weighted by molar-refractivity contribution is 0.447. The Labute approximate surface area is 79.5 Å². The van der Waals surface area contributed by atoms with Crippen molar-refractivity contribution < 1.29 is 13.2 Å². The second-order valence-electron chi connectivity index (χ2n) is 3.07. The number of hydrogen-bond acceptors (Lipinski definition) is 1. The molecule has 2 rings (SSSR count). The highest BCUT2D eigenvalue weighted by molar-refractivity contribution is 5.50. The summed E-state index contributed by atoms with van der Waals surface area (Å²) in [4.78, 5) is 1.62. The minimum Gasteiger partial charge on any atom is -0.362 e. The average molecular weight is 199 g/mol. The molecular weight excluding hydrogens is 191 g/mol. The van der Waals surface area contributed by atoms with Crippen LogP contribution >= 0.6 is 0 Å². The van der Waals surface area contributed by atoms with Gasteiger partial charge in [-0.1, -0.05) is 12.2 Å². The molecule has 14 heavy (non-hydrogen) atoms. The van der Waals surface area contributed by atoms with E-state index in [0.29, 0.717) is 13.1 Å². The molecule has 1 aliphatic heterocycles. The van der Waals surface area contributed by atoms with Crippen LogP contribution in [0.15, 0.2) is 24.3 Å². The molecule has 1 nitrogen and oxygen atoms in total. The Balaban J connectivity index is 2.39. The Hall–Kier alpha value is -1.45. The van der Waals surface area contributed by atoms with Gasteiger partial charge in [0, 0.05) is 13.1 Å². The fourth-order valence-electron chi connectivity index (χ4n) is 1.43. The molecule has 1 heterocycles. The maximum Gasteiger partial charge on any atom is 0.196 e. The van der Waals surface area contributed by atoms with Crippen LogP contribution in [-0.2, 0) is 0 Å². The predicted octanol–water partition coefficient (Wildman–Crippen LogP) is 2.48. The Morgan fingerprint density at radius 1 is 0.929 bits per heavy atom. The van der Waals surface area contributed by atoms with Gasteiger partial charge in [0.15, 0.2) is 17.5 Å². The normalized spacial score (nSPS) is 15.2. The number of hydrogen-bond donors (Lipinski definition) is 0. The minimum absolute atomic E-state index is 0.105. The van der Waals surface area contributed by atoms with Crippen molar-refractivity contribution in [3.8, 4) is 0 Å². The Morgan fingerprint density at radius 2 is 1.57 bits per heavy atom. The van der Waals surface area contributed by atoms with Crippen LogP contribution in [0, 0.1) is 17.5 Å². The van der Waals surface area contributed by atoms with Gasteiger partial charge in [0.25, 0.3) is 0 Å². The molecule has 0 spiro atoms. The number of benzene rings is 1. The van der Waals surface area contributed by atoms with E-state index in [1.807, 2.05) is 12.2 Å². The van der Waals surface area contributed by atoms with Crippen molar-refractivity contribution in [2.24, 2.45) is 0 Å². The zero-order valence-corrected chi connectivity index (χ0v) is 7.30. The first kappa shape index (κ1) is 9.12. The van der Waals surface area contributed by atoms with Crippen molar-refractivity contribution in [2.45, 2.75) is 0 Å². The maximum atomic E-state index is 13.2. The third-order valence-corrected chi connectivity index (χ3v) is 2.17. The molecule has 0 atom stereocenters. The zero-order chi connectivity index (χ0) is 10.1. The van der Waals surface area contributed by atoms with Crippen LogP contribution in [0.3, 0.4) is 0 Å². The van der Waals surface area contributed by atoms with Crippen LogP contribution < -0.4 is 4.90 Å². The average Bonchev–Trinajstić information content (AvgIpc) is 2.67. The highest BCUT2D eigenvalue weighted by Crippen LogP contribution is 2.24. The Morgan fingerprint density at radius 3 is 2.21 bits per heavy atom. The molecule has 0 N–H and O–H groups in total. The minimum atomic E-state index is -1.41. The van der Waals surface area contributed by atoms with Gasteiger partial charge in [0.1, 0.15) is 0 Å². The lowest BCUT2D eigenvalue weighted by Gasteiger charge is -2.18. The third kappa shape index (κ3) is 1.36. The fourth-order valence-corrected chi connectivity index (χ4v) is 1.43. The molecule has 0 bridgehead atoms. The van der Waals surface area contributed by atoms with Crippen molar-refractivity contribution in [3.05, 3.63) is 41.7 Å². The quantitative estimate of drug-likeness (QED) is 0.496. The van der Waals surface area contributed by atoms with Gasteiger partial charge in [-0.15, -0.1) is 0 Å². The standard InChI is InChI=1S/C10H8F3N/c11-7-3-4-8(10(13)9(7)12)14-5-1-2-6-14/h1-4H,5-6H2. The summed E-state index contributed by atoms with van der Waals surface area (Å²) < 4.78 is 38.7. The largest absolute Gasteiger partial charge is 0.362 e. The summed E-state index contributed by atoms with van der Waals surface area (Å²) in [7, 11) is 0. The van der Waals surface area contributed by atoms with E-state index in [1.54, 1.807) is 4.90 Å². The van der Waals surface area contributed by atoms with Gasteiger partial charge < -0.3 is 4.90 Å². The smallest absolute Gasteiger partial charge is 0.196 e. The van der Waals surface area contributed by atoms with E-state index in [0.717, 1.165) is 6.07 Å². The van der Waals surface area contributed by atoms with E-state index < -0.39 is 17.5 Å². The van der Waals surface area contributed by atoms with Crippen LogP contribution in [0.4, 0.5) is 18.9 Å². The molecule has 0 aliphatic carbocycles. The van der Waals surface area contributed by atoms with Gasteiger partial charge in [-0.05, 0) is 12.1 Å². The molecule has 1 aromatic carbocycles. The monoisotopic (exact) mass is 199 g/mol. The lowest BCUT2D eigenvalue weighted by atomic mass is 10.2. The maximum absolute atomic E-state index is 13.2. The van der Waals surface area contributed by atoms with Gasteiger partial charge >= 0.3 is 0 Å². The zero-order valence-electron chi connectivity index (χ0n) is 7.30. The third-order valence-electron chi connectivity index (χ3n) is 2.17.